The van der Waals surface area contributed by atoms with E-state index in [1.807, 2.05) is 41.1 Å². The minimum absolute atomic E-state index is 0.0488. The molecule has 3 heterocycles. The Morgan fingerprint density at radius 2 is 1.94 bits per heavy atom. The van der Waals surface area contributed by atoms with Crippen LogP contribution in [-0.2, 0) is 24.6 Å². The smallest absolute Gasteiger partial charge is 0.269 e. The van der Waals surface area contributed by atoms with E-state index in [0.717, 1.165) is 29.9 Å². The maximum atomic E-state index is 13.2. The van der Waals surface area contributed by atoms with Crippen LogP contribution in [0.15, 0.2) is 77.2 Å². The van der Waals surface area contributed by atoms with Gasteiger partial charge in [-0.2, -0.15) is 11.3 Å². The fourth-order valence-electron chi connectivity index (χ4n) is 4.17. The van der Waals surface area contributed by atoms with Crippen LogP contribution in [0.4, 0.5) is 5.69 Å². The predicted octanol–water partition coefficient (Wildman–Crippen LogP) is 4.12. The van der Waals surface area contributed by atoms with Crippen LogP contribution in [0.1, 0.15) is 17.5 Å². The Bertz CT molecular complexity index is 1050. The number of ether oxygens (including phenoxy) is 2. The topological polar surface area (TPSA) is 67.9 Å². The number of benzene rings is 1. The van der Waals surface area contributed by atoms with Gasteiger partial charge in [0.1, 0.15) is 5.76 Å². The number of halogens is 1. The van der Waals surface area contributed by atoms with E-state index < -0.39 is 17.6 Å². The number of hydrogen-bond donors (Lipinski definition) is 1. The SMILES string of the molecule is C=C/C=C(/OC1C(=O)CC(c2ccc(N3CCOCC3)cc2)(c2ccsc2)NC1=O)C(=C)Cl. The van der Waals surface area contributed by atoms with E-state index in [4.69, 9.17) is 21.1 Å². The lowest BCUT2D eigenvalue weighted by Gasteiger charge is -2.40. The molecule has 1 N–H and O–H groups in total. The molecule has 1 aromatic heterocycles. The number of hydrogen-bond acceptors (Lipinski definition) is 6. The van der Waals surface area contributed by atoms with Crippen molar-refractivity contribution in [1.29, 1.82) is 0 Å². The van der Waals surface area contributed by atoms with Crippen LogP contribution < -0.4 is 10.2 Å². The van der Waals surface area contributed by atoms with Gasteiger partial charge in [-0.15, -0.1) is 0 Å². The molecule has 0 aliphatic carbocycles. The molecule has 2 saturated heterocycles. The van der Waals surface area contributed by atoms with Gasteiger partial charge in [-0.25, -0.2) is 0 Å². The van der Waals surface area contributed by atoms with Crippen molar-refractivity contribution in [1.82, 2.24) is 5.32 Å². The average molecular weight is 485 g/mol. The summed E-state index contributed by atoms with van der Waals surface area (Å²) in [5.74, 6) is -0.726. The van der Waals surface area contributed by atoms with Gasteiger partial charge in [-0.3, -0.25) is 9.59 Å². The third kappa shape index (κ3) is 4.76. The Morgan fingerprint density at radius 1 is 1.21 bits per heavy atom. The van der Waals surface area contributed by atoms with Crippen LogP contribution >= 0.6 is 22.9 Å². The van der Waals surface area contributed by atoms with Crippen molar-refractivity contribution < 1.29 is 19.1 Å². The molecular weight excluding hydrogens is 460 g/mol. The number of anilines is 1. The first-order chi connectivity index (χ1) is 15.9. The van der Waals surface area contributed by atoms with E-state index in [0.29, 0.717) is 13.2 Å². The van der Waals surface area contributed by atoms with E-state index in [2.05, 4.69) is 23.4 Å². The Balaban J connectivity index is 1.64. The second-order valence-corrected chi connectivity index (χ2v) is 9.10. The molecule has 2 fully saturated rings. The summed E-state index contributed by atoms with van der Waals surface area (Å²) < 4.78 is 11.1. The van der Waals surface area contributed by atoms with Gasteiger partial charge in [0.2, 0.25) is 6.10 Å². The number of thiophene rings is 1. The molecule has 0 bridgehead atoms. The molecule has 0 radical (unpaired) electrons. The van der Waals surface area contributed by atoms with Gasteiger partial charge >= 0.3 is 0 Å². The molecule has 2 atom stereocenters. The van der Waals surface area contributed by atoms with E-state index in [1.165, 1.54) is 23.5 Å². The summed E-state index contributed by atoms with van der Waals surface area (Å²) in [5.41, 5.74) is 1.80. The summed E-state index contributed by atoms with van der Waals surface area (Å²) >= 11 is 7.47. The number of rotatable bonds is 7. The Kier molecular flexibility index (Phi) is 7.02. The lowest BCUT2D eigenvalue weighted by Crippen LogP contribution is -2.59. The number of carbonyl (C=O) groups excluding carboxylic acids is 2. The van der Waals surface area contributed by atoms with Crippen molar-refractivity contribution in [3.8, 4) is 0 Å². The number of allylic oxidation sites excluding steroid dienone is 3. The van der Waals surface area contributed by atoms with Crippen LogP contribution in [0.25, 0.3) is 0 Å². The number of Topliss-reactive ketones (excluding diaryl/α,β-unsaturated/α-hetero) is 1. The molecule has 4 rings (SSSR count). The summed E-state index contributed by atoms with van der Waals surface area (Å²) in [6.45, 7) is 10.3. The second kappa shape index (κ2) is 9.95. The number of carbonyl (C=O) groups is 2. The van der Waals surface area contributed by atoms with E-state index in [9.17, 15) is 9.59 Å². The highest BCUT2D eigenvalue weighted by molar-refractivity contribution is 7.08. The monoisotopic (exact) mass is 484 g/mol. The van der Waals surface area contributed by atoms with Gasteiger partial charge in [-0.1, -0.05) is 43.0 Å². The van der Waals surface area contributed by atoms with E-state index >= 15 is 0 Å². The quantitative estimate of drug-likeness (QED) is 0.363. The molecule has 1 amide bonds. The van der Waals surface area contributed by atoms with Crippen molar-refractivity contribution >= 4 is 40.3 Å². The van der Waals surface area contributed by atoms with Crippen LogP contribution in [0.2, 0.25) is 0 Å². The molecule has 1 aromatic carbocycles. The van der Waals surface area contributed by atoms with Crippen LogP contribution in [0, 0.1) is 0 Å². The number of morpholine rings is 1. The molecule has 172 valence electrons. The predicted molar refractivity (Wildman–Crippen MR) is 130 cm³/mol. The number of amides is 1. The van der Waals surface area contributed by atoms with Gasteiger partial charge in [0.15, 0.2) is 5.78 Å². The number of piperidine rings is 1. The van der Waals surface area contributed by atoms with Gasteiger partial charge in [-0.05, 0) is 46.2 Å². The molecule has 0 saturated carbocycles. The molecule has 8 heteroatoms. The molecule has 6 nitrogen and oxygen atoms in total. The van der Waals surface area contributed by atoms with Crippen LogP contribution in [0.3, 0.4) is 0 Å². The minimum Gasteiger partial charge on any atom is -0.471 e. The zero-order valence-electron chi connectivity index (χ0n) is 18.1. The first-order valence-corrected chi connectivity index (χ1v) is 11.9. The van der Waals surface area contributed by atoms with Crippen molar-refractivity contribution in [2.75, 3.05) is 31.2 Å². The summed E-state index contributed by atoms with van der Waals surface area (Å²) in [5, 5.41) is 7.05. The van der Waals surface area contributed by atoms with Crippen LogP contribution in [0.5, 0.6) is 0 Å². The molecule has 0 spiro atoms. The third-order valence-electron chi connectivity index (χ3n) is 5.84. The largest absolute Gasteiger partial charge is 0.471 e. The highest BCUT2D eigenvalue weighted by Gasteiger charge is 2.48. The normalized spacial score (nSPS) is 23.7. The average Bonchev–Trinajstić information content (AvgIpc) is 3.37. The van der Waals surface area contributed by atoms with Gasteiger partial charge in [0, 0.05) is 25.2 Å². The molecule has 33 heavy (non-hydrogen) atoms. The summed E-state index contributed by atoms with van der Waals surface area (Å²) in [4.78, 5) is 28.7. The standard InChI is InChI=1S/C25H25ClN2O4S/c1-3-4-22(17(2)26)32-23-21(29)15-25(27-24(23)30,19-9-14-33-16-19)18-5-7-20(8-6-18)28-10-12-31-13-11-28/h3-9,14,16,23H,1-2,10-13,15H2,(H,27,30)/b22-4+. The molecular formula is C25H25ClN2O4S. The van der Waals surface area contributed by atoms with Crippen molar-refractivity contribution in [2.24, 2.45) is 0 Å². The third-order valence-corrected chi connectivity index (χ3v) is 6.71. The summed E-state index contributed by atoms with van der Waals surface area (Å²) in [6.07, 6.45) is 1.67. The van der Waals surface area contributed by atoms with Crippen molar-refractivity contribution in [3.63, 3.8) is 0 Å². The second-order valence-electron chi connectivity index (χ2n) is 7.87. The summed E-state index contributed by atoms with van der Waals surface area (Å²) in [7, 11) is 0. The van der Waals surface area contributed by atoms with Gasteiger partial charge in [0.05, 0.1) is 23.8 Å². The number of ketones is 1. The van der Waals surface area contributed by atoms with Gasteiger partial charge in [0.25, 0.3) is 5.91 Å². The molecule has 2 aromatic rings. The lowest BCUT2D eigenvalue weighted by molar-refractivity contribution is -0.147. The van der Waals surface area contributed by atoms with E-state index in [-0.39, 0.29) is 23.0 Å². The fraction of sp³-hybridized carbons (Fsp3) is 0.280. The zero-order valence-corrected chi connectivity index (χ0v) is 19.7. The Labute approximate surface area is 202 Å². The maximum Gasteiger partial charge on any atom is 0.269 e. The first-order valence-electron chi connectivity index (χ1n) is 10.6. The summed E-state index contributed by atoms with van der Waals surface area (Å²) in [6, 6.07) is 9.92. The van der Waals surface area contributed by atoms with Crippen molar-refractivity contribution in [3.05, 3.63) is 88.3 Å². The highest BCUT2D eigenvalue weighted by atomic mass is 35.5. The Morgan fingerprint density at radius 3 is 2.52 bits per heavy atom. The Hall–Kier alpha value is -2.87. The lowest BCUT2D eigenvalue weighted by atomic mass is 9.76. The number of nitrogens with one attached hydrogen (secondary N) is 1. The molecule has 2 unspecified atom stereocenters. The molecule has 2 aliphatic heterocycles. The first kappa shape index (κ1) is 23.3. The zero-order chi connectivity index (χ0) is 23.4. The highest BCUT2D eigenvalue weighted by Crippen LogP contribution is 2.39. The van der Waals surface area contributed by atoms with Crippen LogP contribution in [-0.4, -0.2) is 44.1 Å². The van der Waals surface area contributed by atoms with Crippen molar-refractivity contribution in [2.45, 2.75) is 18.1 Å². The van der Waals surface area contributed by atoms with E-state index in [1.54, 1.807) is 0 Å². The maximum absolute atomic E-state index is 13.2. The van der Waals surface area contributed by atoms with Gasteiger partial charge < -0.3 is 19.7 Å². The minimum atomic E-state index is -1.31. The molecule has 2 aliphatic rings. The number of nitrogens with zero attached hydrogens (tertiary/aromatic N) is 1. The fourth-order valence-corrected chi connectivity index (χ4v) is 5.01.